The first kappa shape index (κ1) is 12.3. The van der Waals surface area contributed by atoms with E-state index < -0.39 is 0 Å². The summed E-state index contributed by atoms with van der Waals surface area (Å²) < 4.78 is 0. The first-order valence-electron chi connectivity index (χ1n) is 6.19. The molecular weight excluding hydrogens is 214 g/mol. The molecule has 94 valence electrons. The second-order valence-electron chi connectivity index (χ2n) is 4.48. The Balaban J connectivity index is 1.82. The molecule has 5 nitrogen and oxygen atoms in total. The van der Waals surface area contributed by atoms with Crippen molar-refractivity contribution in [3.8, 4) is 0 Å². The highest BCUT2D eigenvalue weighted by molar-refractivity contribution is 5.35. The van der Waals surface area contributed by atoms with E-state index in [2.05, 4.69) is 32.1 Å². The van der Waals surface area contributed by atoms with Crippen LogP contribution in [0.25, 0.3) is 0 Å². The number of piperazine rings is 1. The molecule has 0 saturated carbocycles. The summed E-state index contributed by atoms with van der Waals surface area (Å²) >= 11 is 0. The Labute approximate surface area is 103 Å². The van der Waals surface area contributed by atoms with Gasteiger partial charge in [0.05, 0.1) is 0 Å². The van der Waals surface area contributed by atoms with Crippen LogP contribution in [0.2, 0.25) is 0 Å². The van der Waals surface area contributed by atoms with Gasteiger partial charge in [-0.3, -0.25) is 4.90 Å². The molecule has 1 aliphatic rings. The summed E-state index contributed by atoms with van der Waals surface area (Å²) in [5.74, 6) is 1.84. The van der Waals surface area contributed by atoms with Crippen molar-refractivity contribution < 1.29 is 0 Å². The summed E-state index contributed by atoms with van der Waals surface area (Å²) in [7, 11) is 2.09. The number of aryl methyl sites for hydroxylation is 1. The van der Waals surface area contributed by atoms with Gasteiger partial charge in [0.25, 0.3) is 0 Å². The van der Waals surface area contributed by atoms with Gasteiger partial charge in [0, 0.05) is 52.5 Å². The highest BCUT2D eigenvalue weighted by Crippen LogP contribution is 2.07. The SMILES string of the molecule is Cc1nccc(N(C)CCN2CCNCC2)n1. The number of hydrogen-bond donors (Lipinski definition) is 1. The summed E-state index contributed by atoms with van der Waals surface area (Å²) in [5.41, 5.74) is 0. The van der Waals surface area contributed by atoms with E-state index in [0.717, 1.165) is 50.9 Å². The van der Waals surface area contributed by atoms with E-state index in [0.29, 0.717) is 0 Å². The Hall–Kier alpha value is -1.20. The van der Waals surface area contributed by atoms with Crippen molar-refractivity contribution >= 4 is 5.82 Å². The van der Waals surface area contributed by atoms with Crippen molar-refractivity contribution in [2.24, 2.45) is 0 Å². The normalized spacial score (nSPS) is 17.1. The zero-order valence-corrected chi connectivity index (χ0v) is 10.7. The fourth-order valence-electron chi connectivity index (χ4n) is 2.00. The maximum Gasteiger partial charge on any atom is 0.132 e. The zero-order chi connectivity index (χ0) is 12.1. The summed E-state index contributed by atoms with van der Waals surface area (Å²) in [6.45, 7) is 8.55. The van der Waals surface area contributed by atoms with E-state index >= 15 is 0 Å². The van der Waals surface area contributed by atoms with E-state index in [4.69, 9.17) is 0 Å². The van der Waals surface area contributed by atoms with Crippen molar-refractivity contribution in [3.05, 3.63) is 18.1 Å². The molecule has 0 spiro atoms. The molecular formula is C12H21N5. The minimum absolute atomic E-state index is 0.830. The summed E-state index contributed by atoms with van der Waals surface area (Å²) in [5, 5.41) is 3.37. The Bertz CT molecular complexity index is 349. The van der Waals surface area contributed by atoms with Gasteiger partial charge >= 0.3 is 0 Å². The Morgan fingerprint density at radius 1 is 1.41 bits per heavy atom. The highest BCUT2D eigenvalue weighted by Gasteiger charge is 2.10. The fourth-order valence-corrected chi connectivity index (χ4v) is 2.00. The van der Waals surface area contributed by atoms with Gasteiger partial charge in [0.2, 0.25) is 0 Å². The number of nitrogens with one attached hydrogen (secondary N) is 1. The van der Waals surface area contributed by atoms with Crippen LogP contribution < -0.4 is 10.2 Å². The average Bonchev–Trinajstić information content (AvgIpc) is 2.37. The molecule has 1 N–H and O–H groups in total. The standard InChI is InChI=1S/C12H21N5/c1-11-14-4-3-12(15-11)16(2)9-10-17-7-5-13-6-8-17/h3-4,13H,5-10H2,1-2H3. The third-order valence-electron chi connectivity index (χ3n) is 3.11. The molecule has 1 aromatic heterocycles. The second-order valence-corrected chi connectivity index (χ2v) is 4.48. The lowest BCUT2D eigenvalue weighted by atomic mass is 10.3. The van der Waals surface area contributed by atoms with E-state index in [1.54, 1.807) is 0 Å². The van der Waals surface area contributed by atoms with Crippen molar-refractivity contribution in [1.82, 2.24) is 20.2 Å². The number of rotatable bonds is 4. The quantitative estimate of drug-likeness (QED) is 0.803. The molecule has 0 aliphatic carbocycles. The minimum atomic E-state index is 0.830. The molecule has 0 amide bonds. The number of hydrogen-bond acceptors (Lipinski definition) is 5. The van der Waals surface area contributed by atoms with E-state index in [9.17, 15) is 0 Å². The Morgan fingerprint density at radius 2 is 2.18 bits per heavy atom. The minimum Gasteiger partial charge on any atom is -0.358 e. The van der Waals surface area contributed by atoms with Crippen LogP contribution in [0.4, 0.5) is 5.82 Å². The molecule has 0 aromatic carbocycles. The number of nitrogens with zero attached hydrogens (tertiary/aromatic N) is 4. The molecule has 0 unspecified atom stereocenters. The van der Waals surface area contributed by atoms with Gasteiger partial charge in [-0.25, -0.2) is 9.97 Å². The molecule has 1 aromatic rings. The largest absolute Gasteiger partial charge is 0.358 e. The van der Waals surface area contributed by atoms with Crippen molar-refractivity contribution in [1.29, 1.82) is 0 Å². The Morgan fingerprint density at radius 3 is 2.88 bits per heavy atom. The van der Waals surface area contributed by atoms with Crippen LogP contribution >= 0.6 is 0 Å². The summed E-state index contributed by atoms with van der Waals surface area (Å²) in [4.78, 5) is 13.2. The number of likely N-dealkylation sites (N-methyl/N-ethyl adjacent to an activating group) is 1. The lowest BCUT2D eigenvalue weighted by Crippen LogP contribution is -2.46. The lowest BCUT2D eigenvalue weighted by molar-refractivity contribution is 0.246. The van der Waals surface area contributed by atoms with Crippen molar-refractivity contribution in [2.75, 3.05) is 51.2 Å². The van der Waals surface area contributed by atoms with E-state index in [-0.39, 0.29) is 0 Å². The van der Waals surface area contributed by atoms with Crippen LogP contribution in [0.1, 0.15) is 5.82 Å². The van der Waals surface area contributed by atoms with Gasteiger partial charge < -0.3 is 10.2 Å². The van der Waals surface area contributed by atoms with Crippen molar-refractivity contribution in [3.63, 3.8) is 0 Å². The van der Waals surface area contributed by atoms with E-state index in [1.165, 1.54) is 0 Å². The van der Waals surface area contributed by atoms with Crippen molar-refractivity contribution in [2.45, 2.75) is 6.92 Å². The van der Waals surface area contributed by atoms with Gasteiger partial charge in [-0.1, -0.05) is 0 Å². The first-order valence-corrected chi connectivity index (χ1v) is 6.19. The monoisotopic (exact) mass is 235 g/mol. The third kappa shape index (κ3) is 3.64. The predicted molar refractivity (Wildman–Crippen MR) is 69.3 cm³/mol. The smallest absolute Gasteiger partial charge is 0.132 e. The molecule has 2 heterocycles. The maximum absolute atomic E-state index is 4.42. The number of aromatic nitrogens is 2. The molecule has 1 aliphatic heterocycles. The molecule has 0 radical (unpaired) electrons. The maximum atomic E-state index is 4.42. The molecule has 1 fully saturated rings. The summed E-state index contributed by atoms with van der Waals surface area (Å²) in [6, 6.07) is 1.96. The number of anilines is 1. The molecule has 17 heavy (non-hydrogen) atoms. The van der Waals surface area contributed by atoms with Crippen LogP contribution in [0, 0.1) is 6.92 Å². The topological polar surface area (TPSA) is 44.3 Å². The first-order chi connectivity index (χ1) is 8.25. The molecule has 0 bridgehead atoms. The van der Waals surface area contributed by atoms with Gasteiger partial charge in [-0.05, 0) is 13.0 Å². The van der Waals surface area contributed by atoms with Gasteiger partial charge in [-0.15, -0.1) is 0 Å². The van der Waals surface area contributed by atoms with Crippen LogP contribution in [-0.2, 0) is 0 Å². The van der Waals surface area contributed by atoms with Crippen LogP contribution in [-0.4, -0.2) is 61.2 Å². The molecule has 0 atom stereocenters. The van der Waals surface area contributed by atoms with Gasteiger partial charge in [0.15, 0.2) is 0 Å². The second kappa shape index (κ2) is 5.93. The van der Waals surface area contributed by atoms with Gasteiger partial charge in [0.1, 0.15) is 11.6 Å². The van der Waals surface area contributed by atoms with Gasteiger partial charge in [-0.2, -0.15) is 0 Å². The molecule has 1 saturated heterocycles. The fraction of sp³-hybridized carbons (Fsp3) is 0.667. The highest BCUT2D eigenvalue weighted by atomic mass is 15.2. The van der Waals surface area contributed by atoms with Crippen LogP contribution in [0.15, 0.2) is 12.3 Å². The molecule has 2 rings (SSSR count). The van der Waals surface area contributed by atoms with Crippen LogP contribution in [0.5, 0.6) is 0 Å². The average molecular weight is 235 g/mol. The van der Waals surface area contributed by atoms with Crippen LogP contribution in [0.3, 0.4) is 0 Å². The summed E-state index contributed by atoms with van der Waals surface area (Å²) in [6.07, 6.45) is 1.82. The van der Waals surface area contributed by atoms with E-state index in [1.807, 2.05) is 19.2 Å². The predicted octanol–water partition coefficient (Wildman–Crippen LogP) is 0.126. The Kier molecular flexibility index (Phi) is 4.28. The molecule has 5 heteroatoms. The third-order valence-corrected chi connectivity index (χ3v) is 3.11. The zero-order valence-electron chi connectivity index (χ0n) is 10.7. The lowest BCUT2D eigenvalue weighted by Gasteiger charge is -2.29.